The molecule has 3 rings (SSSR count). The molecule has 1 heterocycles. The zero-order valence-electron chi connectivity index (χ0n) is 12.2. The first kappa shape index (κ1) is 14.5. The van der Waals surface area contributed by atoms with Crippen LogP contribution in [0.15, 0.2) is 28.8 Å². The molecule has 1 aromatic heterocycles. The number of nitrogens with zero attached hydrogens (tertiary/aromatic N) is 2. The lowest BCUT2D eigenvalue weighted by Gasteiger charge is -2.30. The number of nitrogens with one attached hydrogen (secondary N) is 1. The summed E-state index contributed by atoms with van der Waals surface area (Å²) in [6, 6.07) is 8.09. The molecule has 0 saturated heterocycles. The van der Waals surface area contributed by atoms with Gasteiger partial charge in [-0.25, -0.2) is 0 Å². The zero-order chi connectivity index (χ0) is 14.7. The van der Waals surface area contributed by atoms with Gasteiger partial charge in [0.05, 0.1) is 0 Å². The van der Waals surface area contributed by atoms with Crippen LogP contribution in [0, 0.1) is 5.92 Å². The lowest BCUT2D eigenvalue weighted by molar-refractivity contribution is 0.248. The van der Waals surface area contributed by atoms with Gasteiger partial charge in [0.15, 0.2) is 0 Å². The van der Waals surface area contributed by atoms with Gasteiger partial charge in [-0.1, -0.05) is 41.7 Å². The molecule has 1 saturated carbocycles. The molecule has 2 atom stereocenters. The Hall–Kier alpha value is -1.39. The summed E-state index contributed by atoms with van der Waals surface area (Å²) in [5.74, 6) is 1.91. The second-order valence-electron chi connectivity index (χ2n) is 5.67. The molecule has 0 bridgehead atoms. The van der Waals surface area contributed by atoms with Crippen LogP contribution in [0.3, 0.4) is 0 Å². The maximum atomic E-state index is 6.00. The third kappa shape index (κ3) is 3.44. The molecule has 0 amide bonds. The van der Waals surface area contributed by atoms with Gasteiger partial charge in [0.25, 0.3) is 0 Å². The van der Waals surface area contributed by atoms with Crippen molar-refractivity contribution in [3.05, 3.63) is 35.2 Å². The third-order valence-electron chi connectivity index (χ3n) is 4.27. The van der Waals surface area contributed by atoms with Crippen molar-refractivity contribution in [1.82, 2.24) is 15.5 Å². The van der Waals surface area contributed by atoms with Crippen molar-refractivity contribution < 1.29 is 4.52 Å². The molecule has 1 N–H and O–H groups in total. The lowest BCUT2D eigenvalue weighted by Crippen LogP contribution is -2.37. The number of halogens is 1. The normalized spacial score (nSPS) is 22.4. The smallest absolute Gasteiger partial charge is 0.227 e. The average Bonchev–Trinajstić information content (AvgIpc) is 2.96. The highest BCUT2D eigenvalue weighted by atomic mass is 35.5. The summed E-state index contributed by atoms with van der Waals surface area (Å²) in [6.45, 7) is 0. The van der Waals surface area contributed by atoms with Gasteiger partial charge in [-0.15, -0.1) is 0 Å². The van der Waals surface area contributed by atoms with Crippen LogP contribution in [0.25, 0.3) is 11.4 Å². The van der Waals surface area contributed by atoms with Crippen molar-refractivity contribution in [3.63, 3.8) is 0 Å². The van der Waals surface area contributed by atoms with Crippen LogP contribution in [0.4, 0.5) is 0 Å². The molecule has 1 aliphatic carbocycles. The van der Waals surface area contributed by atoms with Gasteiger partial charge >= 0.3 is 0 Å². The molecule has 21 heavy (non-hydrogen) atoms. The SMILES string of the molecule is CNC1CCCCC1Cc1nc(-c2cccc(Cl)c2)no1. The van der Waals surface area contributed by atoms with Gasteiger partial charge in [-0.05, 0) is 37.9 Å². The molecule has 1 aromatic carbocycles. The van der Waals surface area contributed by atoms with Gasteiger partial charge in [-0.3, -0.25) is 0 Å². The molecule has 5 heteroatoms. The molecule has 2 aromatic rings. The van der Waals surface area contributed by atoms with E-state index in [4.69, 9.17) is 16.1 Å². The Labute approximate surface area is 129 Å². The topological polar surface area (TPSA) is 51.0 Å². The van der Waals surface area contributed by atoms with E-state index in [0.29, 0.717) is 22.8 Å². The van der Waals surface area contributed by atoms with Gasteiger partial charge in [0.2, 0.25) is 11.7 Å². The van der Waals surface area contributed by atoms with E-state index in [-0.39, 0.29) is 0 Å². The van der Waals surface area contributed by atoms with E-state index in [0.717, 1.165) is 17.9 Å². The summed E-state index contributed by atoms with van der Waals surface area (Å²) in [5, 5.41) is 8.17. The number of aromatic nitrogens is 2. The van der Waals surface area contributed by atoms with E-state index in [9.17, 15) is 0 Å². The first-order chi connectivity index (χ1) is 10.3. The first-order valence-electron chi connectivity index (χ1n) is 7.52. The summed E-state index contributed by atoms with van der Waals surface area (Å²) in [4.78, 5) is 4.52. The van der Waals surface area contributed by atoms with E-state index in [1.54, 1.807) is 0 Å². The van der Waals surface area contributed by atoms with Crippen molar-refractivity contribution in [2.45, 2.75) is 38.1 Å². The summed E-state index contributed by atoms with van der Waals surface area (Å²) < 4.78 is 5.42. The second kappa shape index (κ2) is 6.58. The van der Waals surface area contributed by atoms with Gasteiger partial charge in [0.1, 0.15) is 0 Å². The second-order valence-corrected chi connectivity index (χ2v) is 6.10. The fourth-order valence-electron chi connectivity index (χ4n) is 3.14. The predicted octanol–water partition coefficient (Wildman–Crippen LogP) is 3.71. The standard InChI is InChI=1S/C16H20ClN3O/c1-18-14-8-3-2-5-11(14)10-15-19-16(20-21-15)12-6-4-7-13(17)9-12/h4,6-7,9,11,14,18H,2-3,5,8,10H2,1H3. The van der Waals surface area contributed by atoms with Crippen LogP contribution in [-0.4, -0.2) is 23.2 Å². The highest BCUT2D eigenvalue weighted by Gasteiger charge is 2.26. The number of hydrogen-bond acceptors (Lipinski definition) is 4. The maximum Gasteiger partial charge on any atom is 0.227 e. The Kier molecular flexibility index (Phi) is 4.56. The first-order valence-corrected chi connectivity index (χ1v) is 7.90. The van der Waals surface area contributed by atoms with Crippen molar-refractivity contribution >= 4 is 11.6 Å². The molecule has 1 aliphatic rings. The van der Waals surface area contributed by atoms with Crippen molar-refractivity contribution in [1.29, 1.82) is 0 Å². The fourth-order valence-corrected chi connectivity index (χ4v) is 3.33. The highest BCUT2D eigenvalue weighted by Crippen LogP contribution is 2.28. The minimum atomic E-state index is 0.556. The Morgan fingerprint density at radius 2 is 2.19 bits per heavy atom. The maximum absolute atomic E-state index is 6.00. The van der Waals surface area contributed by atoms with Gasteiger partial charge in [-0.2, -0.15) is 4.98 Å². The molecule has 0 spiro atoms. The zero-order valence-corrected chi connectivity index (χ0v) is 12.9. The third-order valence-corrected chi connectivity index (χ3v) is 4.50. The van der Waals surface area contributed by atoms with Crippen molar-refractivity contribution in [2.75, 3.05) is 7.05 Å². The van der Waals surface area contributed by atoms with E-state index in [2.05, 4.69) is 15.5 Å². The summed E-state index contributed by atoms with van der Waals surface area (Å²) in [5.41, 5.74) is 0.895. The summed E-state index contributed by atoms with van der Waals surface area (Å²) >= 11 is 6.00. The minimum Gasteiger partial charge on any atom is -0.339 e. The molecule has 0 radical (unpaired) electrons. The Balaban J connectivity index is 1.73. The quantitative estimate of drug-likeness (QED) is 0.935. The summed E-state index contributed by atoms with van der Waals surface area (Å²) in [6.07, 6.45) is 5.90. The molecule has 1 fully saturated rings. The van der Waals surface area contributed by atoms with Crippen LogP contribution in [0.5, 0.6) is 0 Å². The molecule has 0 aliphatic heterocycles. The predicted molar refractivity (Wildman–Crippen MR) is 83.3 cm³/mol. The minimum absolute atomic E-state index is 0.556. The monoisotopic (exact) mass is 305 g/mol. The van der Waals surface area contributed by atoms with Gasteiger partial charge < -0.3 is 9.84 Å². The van der Waals surface area contributed by atoms with Crippen molar-refractivity contribution in [3.8, 4) is 11.4 Å². The largest absolute Gasteiger partial charge is 0.339 e. The van der Waals surface area contributed by atoms with Crippen LogP contribution >= 0.6 is 11.6 Å². The Bertz CT molecular complexity index is 599. The molecule has 2 unspecified atom stereocenters. The molecule has 112 valence electrons. The summed E-state index contributed by atoms with van der Waals surface area (Å²) in [7, 11) is 2.04. The molecular formula is C16H20ClN3O. The van der Waals surface area contributed by atoms with Crippen LogP contribution in [-0.2, 0) is 6.42 Å². The number of hydrogen-bond donors (Lipinski definition) is 1. The number of benzene rings is 1. The molecule has 4 nitrogen and oxygen atoms in total. The van der Waals surface area contributed by atoms with Crippen LogP contribution in [0.2, 0.25) is 5.02 Å². The van der Waals surface area contributed by atoms with Crippen LogP contribution in [0.1, 0.15) is 31.6 Å². The number of rotatable bonds is 4. The Morgan fingerprint density at radius 1 is 1.33 bits per heavy atom. The van der Waals surface area contributed by atoms with E-state index in [1.807, 2.05) is 31.3 Å². The van der Waals surface area contributed by atoms with Crippen molar-refractivity contribution in [2.24, 2.45) is 5.92 Å². The Morgan fingerprint density at radius 3 is 3.00 bits per heavy atom. The van der Waals surface area contributed by atoms with E-state index in [1.165, 1.54) is 25.7 Å². The van der Waals surface area contributed by atoms with Gasteiger partial charge in [0, 0.05) is 23.0 Å². The average molecular weight is 306 g/mol. The van der Waals surface area contributed by atoms with E-state index < -0.39 is 0 Å². The highest BCUT2D eigenvalue weighted by molar-refractivity contribution is 6.30. The molecular weight excluding hydrogens is 286 g/mol. The lowest BCUT2D eigenvalue weighted by atomic mass is 9.82. The van der Waals surface area contributed by atoms with Crippen LogP contribution < -0.4 is 5.32 Å². The van der Waals surface area contributed by atoms with E-state index >= 15 is 0 Å². The fraction of sp³-hybridized carbons (Fsp3) is 0.500.